The van der Waals surface area contributed by atoms with Crippen LogP contribution < -0.4 is 10.2 Å². The number of hydrogen-bond acceptors (Lipinski definition) is 3. The zero-order valence-corrected chi connectivity index (χ0v) is 16.7. The minimum absolute atomic E-state index is 0.0138. The van der Waals surface area contributed by atoms with E-state index in [4.69, 9.17) is 11.6 Å². The second kappa shape index (κ2) is 7.70. The summed E-state index contributed by atoms with van der Waals surface area (Å²) < 4.78 is 0. The number of benzene rings is 3. The predicted octanol–water partition coefficient (Wildman–Crippen LogP) is 5.72. The van der Waals surface area contributed by atoms with Gasteiger partial charge in [0, 0.05) is 32.6 Å². The molecule has 1 heterocycles. The van der Waals surface area contributed by atoms with Crippen molar-refractivity contribution < 1.29 is 9.59 Å². The molecule has 3 aromatic rings. The van der Waals surface area contributed by atoms with E-state index in [0.29, 0.717) is 28.4 Å². The zero-order chi connectivity index (χ0) is 19.7. The van der Waals surface area contributed by atoms with Crippen molar-refractivity contribution in [3.63, 3.8) is 0 Å². The summed E-state index contributed by atoms with van der Waals surface area (Å²) >= 11 is 7.51. The average molecular weight is 409 g/mol. The highest BCUT2D eigenvalue weighted by molar-refractivity contribution is 7.99. The molecule has 0 aromatic heterocycles. The molecule has 0 spiro atoms. The number of rotatable bonds is 3. The molecule has 0 unspecified atom stereocenters. The van der Waals surface area contributed by atoms with Gasteiger partial charge in [-0.25, -0.2) is 0 Å². The normalized spacial score (nSPS) is 12.8. The van der Waals surface area contributed by atoms with E-state index in [1.165, 1.54) is 11.8 Å². The van der Waals surface area contributed by atoms with E-state index in [9.17, 15) is 9.59 Å². The van der Waals surface area contributed by atoms with Crippen molar-refractivity contribution in [2.24, 2.45) is 0 Å². The molecule has 140 valence electrons. The molecule has 28 heavy (non-hydrogen) atoms. The largest absolute Gasteiger partial charge is 0.322 e. The number of fused-ring (bicyclic) bond motifs is 2. The summed E-state index contributed by atoms with van der Waals surface area (Å²) in [6.45, 7) is 2.52. The molecule has 4 rings (SSSR count). The number of carbonyl (C=O) groups excluding carboxylic acids is 2. The van der Waals surface area contributed by atoms with Crippen LogP contribution in [-0.4, -0.2) is 18.4 Å². The van der Waals surface area contributed by atoms with Crippen molar-refractivity contribution in [2.45, 2.75) is 16.7 Å². The fourth-order valence-electron chi connectivity index (χ4n) is 3.15. The van der Waals surface area contributed by atoms with E-state index in [0.717, 1.165) is 15.5 Å². The van der Waals surface area contributed by atoms with Crippen LogP contribution in [0, 0.1) is 0 Å². The summed E-state index contributed by atoms with van der Waals surface area (Å²) in [6, 6.07) is 20.0. The molecular formula is C22H17ClN2O2S. The molecule has 0 saturated carbocycles. The van der Waals surface area contributed by atoms with E-state index < -0.39 is 0 Å². The minimum atomic E-state index is -0.232. The number of anilines is 2. The number of carbonyl (C=O) groups is 2. The minimum Gasteiger partial charge on any atom is -0.322 e. The van der Waals surface area contributed by atoms with Crippen molar-refractivity contribution >= 4 is 46.6 Å². The van der Waals surface area contributed by atoms with Crippen LogP contribution in [0.25, 0.3) is 0 Å². The number of nitrogens with one attached hydrogen (secondary N) is 1. The van der Waals surface area contributed by atoms with E-state index in [2.05, 4.69) is 5.32 Å². The summed E-state index contributed by atoms with van der Waals surface area (Å²) in [4.78, 5) is 29.1. The van der Waals surface area contributed by atoms with Crippen LogP contribution in [0.2, 0.25) is 5.02 Å². The van der Waals surface area contributed by atoms with Crippen molar-refractivity contribution in [1.29, 1.82) is 0 Å². The van der Waals surface area contributed by atoms with Gasteiger partial charge >= 0.3 is 0 Å². The van der Waals surface area contributed by atoms with Crippen LogP contribution in [0.3, 0.4) is 0 Å². The van der Waals surface area contributed by atoms with Crippen LogP contribution in [0.5, 0.6) is 0 Å². The standard InChI is InChI=1S/C22H17ClN2O2S/c1-2-25-18-11-10-16(24-21(26)14-6-5-7-15(23)12-14)13-20(18)28-19-9-4-3-8-17(19)22(25)27/h3-13H,2H2,1H3,(H,24,26). The molecule has 0 aliphatic carbocycles. The van der Waals surface area contributed by atoms with Crippen LogP contribution in [-0.2, 0) is 0 Å². The van der Waals surface area contributed by atoms with Crippen LogP contribution in [0.1, 0.15) is 27.6 Å². The lowest BCUT2D eigenvalue weighted by atomic mass is 10.1. The Bertz CT molecular complexity index is 1080. The molecule has 0 saturated heterocycles. The van der Waals surface area contributed by atoms with Gasteiger partial charge in [-0.05, 0) is 55.5 Å². The maximum atomic E-state index is 12.9. The lowest BCUT2D eigenvalue weighted by Gasteiger charge is -2.21. The predicted molar refractivity (Wildman–Crippen MR) is 114 cm³/mol. The quantitative estimate of drug-likeness (QED) is 0.602. The van der Waals surface area contributed by atoms with Gasteiger partial charge in [-0.2, -0.15) is 0 Å². The molecular weight excluding hydrogens is 392 g/mol. The first-order valence-electron chi connectivity index (χ1n) is 8.86. The fourth-order valence-corrected chi connectivity index (χ4v) is 4.46. The number of nitrogens with zero attached hydrogens (tertiary/aromatic N) is 1. The highest BCUT2D eigenvalue weighted by Crippen LogP contribution is 2.42. The van der Waals surface area contributed by atoms with Gasteiger partial charge in [-0.15, -0.1) is 0 Å². The first kappa shape index (κ1) is 18.6. The van der Waals surface area contributed by atoms with E-state index in [-0.39, 0.29) is 11.8 Å². The van der Waals surface area contributed by atoms with Crippen molar-refractivity contribution in [2.75, 3.05) is 16.8 Å². The molecule has 0 radical (unpaired) electrons. The average Bonchev–Trinajstić information content (AvgIpc) is 2.81. The SMILES string of the molecule is CCN1C(=O)c2ccccc2Sc2cc(NC(=O)c3cccc(Cl)c3)ccc21. The van der Waals surface area contributed by atoms with Gasteiger partial charge < -0.3 is 10.2 Å². The van der Waals surface area contributed by atoms with Gasteiger partial charge in [0.05, 0.1) is 11.3 Å². The Morgan fingerprint density at radius 1 is 1.04 bits per heavy atom. The third-order valence-electron chi connectivity index (χ3n) is 4.49. The Kier molecular flexibility index (Phi) is 5.11. The molecule has 6 heteroatoms. The maximum Gasteiger partial charge on any atom is 0.259 e. The molecule has 0 fully saturated rings. The van der Waals surface area contributed by atoms with Gasteiger partial charge in [0.2, 0.25) is 0 Å². The lowest BCUT2D eigenvalue weighted by molar-refractivity contribution is 0.0983. The first-order valence-corrected chi connectivity index (χ1v) is 10.1. The molecule has 1 aliphatic rings. The maximum absolute atomic E-state index is 12.9. The highest BCUT2D eigenvalue weighted by Gasteiger charge is 2.26. The summed E-state index contributed by atoms with van der Waals surface area (Å²) in [5, 5.41) is 3.42. The monoisotopic (exact) mass is 408 g/mol. The van der Waals surface area contributed by atoms with Crippen molar-refractivity contribution in [1.82, 2.24) is 0 Å². The first-order chi connectivity index (χ1) is 13.6. The summed E-state index contributed by atoms with van der Waals surface area (Å²) in [6.07, 6.45) is 0. The molecule has 1 N–H and O–H groups in total. The van der Waals surface area contributed by atoms with E-state index in [1.54, 1.807) is 29.2 Å². The smallest absolute Gasteiger partial charge is 0.259 e. The summed E-state index contributed by atoms with van der Waals surface area (Å²) in [7, 11) is 0. The van der Waals surface area contributed by atoms with Gasteiger partial charge in [0.25, 0.3) is 11.8 Å². The zero-order valence-electron chi connectivity index (χ0n) is 15.1. The Morgan fingerprint density at radius 2 is 1.86 bits per heavy atom. The topological polar surface area (TPSA) is 49.4 Å². The van der Waals surface area contributed by atoms with Crippen LogP contribution in [0.15, 0.2) is 76.5 Å². The number of amides is 2. The molecule has 3 aromatic carbocycles. The fraction of sp³-hybridized carbons (Fsp3) is 0.0909. The van der Waals surface area contributed by atoms with Crippen LogP contribution >= 0.6 is 23.4 Å². The summed E-state index contributed by atoms with van der Waals surface area (Å²) in [5.41, 5.74) is 2.69. The van der Waals surface area contributed by atoms with E-state index in [1.807, 2.05) is 49.4 Å². The molecule has 0 atom stereocenters. The van der Waals surface area contributed by atoms with Crippen LogP contribution in [0.4, 0.5) is 11.4 Å². The molecule has 4 nitrogen and oxygen atoms in total. The second-order valence-corrected chi connectivity index (χ2v) is 7.81. The molecule has 0 bridgehead atoms. The Labute approximate surface area is 172 Å². The van der Waals surface area contributed by atoms with Gasteiger partial charge in [-0.3, -0.25) is 9.59 Å². The Hall–Kier alpha value is -2.76. The third-order valence-corrected chi connectivity index (χ3v) is 5.85. The van der Waals surface area contributed by atoms with E-state index >= 15 is 0 Å². The molecule has 2 amide bonds. The van der Waals surface area contributed by atoms with Gasteiger partial charge in [0.15, 0.2) is 0 Å². The lowest BCUT2D eigenvalue weighted by Crippen LogP contribution is -2.30. The Balaban J connectivity index is 1.69. The summed E-state index contributed by atoms with van der Waals surface area (Å²) in [5.74, 6) is -0.245. The number of hydrogen-bond donors (Lipinski definition) is 1. The number of halogens is 1. The Morgan fingerprint density at radius 3 is 2.64 bits per heavy atom. The van der Waals surface area contributed by atoms with Crippen molar-refractivity contribution in [3.8, 4) is 0 Å². The third kappa shape index (κ3) is 3.51. The molecule has 1 aliphatic heterocycles. The van der Waals surface area contributed by atoms with Gasteiger partial charge in [0.1, 0.15) is 0 Å². The van der Waals surface area contributed by atoms with Gasteiger partial charge in [-0.1, -0.05) is 41.6 Å². The highest BCUT2D eigenvalue weighted by atomic mass is 35.5. The second-order valence-electron chi connectivity index (χ2n) is 6.29. The van der Waals surface area contributed by atoms with Crippen molar-refractivity contribution in [3.05, 3.63) is 82.9 Å².